The maximum absolute atomic E-state index is 11.9. The molecule has 0 aromatic carbocycles. The summed E-state index contributed by atoms with van der Waals surface area (Å²) in [6, 6.07) is 3.35. The zero-order valence-electron chi connectivity index (χ0n) is 12.0. The topological polar surface area (TPSA) is 59.8 Å². The number of pyridine rings is 1. The van der Waals surface area contributed by atoms with Gasteiger partial charge in [0.05, 0.1) is 15.7 Å². The minimum Gasteiger partial charge on any atom is -0.311 e. The van der Waals surface area contributed by atoms with Crippen LogP contribution in [0.2, 0.25) is 10.0 Å². The number of carbonyl (C=O) groups is 1. The van der Waals surface area contributed by atoms with Crippen LogP contribution in [0.3, 0.4) is 0 Å². The minimum atomic E-state index is -0.0729. The molecule has 0 aliphatic heterocycles. The molecule has 0 radical (unpaired) electrons. The zero-order valence-corrected chi connectivity index (χ0v) is 13.5. The normalized spacial score (nSPS) is 11.0. The highest BCUT2D eigenvalue weighted by Crippen LogP contribution is 2.25. The van der Waals surface area contributed by atoms with Gasteiger partial charge < -0.3 is 5.32 Å². The SMILES string of the molecule is Cc1cc(NC(=O)CC(C)C)n(-c2ncc(Cl)cc2Cl)n1. The molecule has 21 heavy (non-hydrogen) atoms. The predicted octanol–water partition coefficient (Wildman–Crippen LogP) is 3.87. The largest absolute Gasteiger partial charge is 0.311 e. The van der Waals surface area contributed by atoms with Crippen molar-refractivity contribution in [1.29, 1.82) is 0 Å². The number of nitrogens with zero attached hydrogens (tertiary/aromatic N) is 3. The van der Waals surface area contributed by atoms with Gasteiger partial charge in [0.2, 0.25) is 5.91 Å². The smallest absolute Gasteiger partial charge is 0.225 e. The lowest BCUT2D eigenvalue weighted by Gasteiger charge is -2.10. The Kier molecular flexibility index (Phi) is 4.85. The van der Waals surface area contributed by atoms with E-state index in [4.69, 9.17) is 23.2 Å². The second-order valence-electron chi connectivity index (χ2n) is 5.19. The lowest BCUT2D eigenvalue weighted by Crippen LogP contribution is -2.17. The van der Waals surface area contributed by atoms with Crippen LogP contribution < -0.4 is 5.32 Å². The van der Waals surface area contributed by atoms with E-state index in [9.17, 15) is 4.79 Å². The van der Waals surface area contributed by atoms with Gasteiger partial charge in [-0.25, -0.2) is 4.98 Å². The predicted molar refractivity (Wildman–Crippen MR) is 84.2 cm³/mol. The first-order valence-corrected chi connectivity index (χ1v) is 7.30. The van der Waals surface area contributed by atoms with E-state index in [2.05, 4.69) is 15.4 Å². The molecule has 5 nitrogen and oxygen atoms in total. The van der Waals surface area contributed by atoms with E-state index in [-0.39, 0.29) is 11.8 Å². The lowest BCUT2D eigenvalue weighted by molar-refractivity contribution is -0.116. The first kappa shape index (κ1) is 15.8. The Bertz CT molecular complexity index is 667. The number of halogens is 2. The van der Waals surface area contributed by atoms with Crippen molar-refractivity contribution in [3.63, 3.8) is 0 Å². The fraction of sp³-hybridized carbons (Fsp3) is 0.357. The number of aryl methyl sites for hydroxylation is 1. The average molecular weight is 327 g/mol. The van der Waals surface area contributed by atoms with E-state index in [1.807, 2.05) is 20.8 Å². The Labute approximate surface area is 133 Å². The van der Waals surface area contributed by atoms with Gasteiger partial charge in [-0.05, 0) is 18.9 Å². The van der Waals surface area contributed by atoms with Gasteiger partial charge in [0.25, 0.3) is 0 Å². The molecule has 2 heterocycles. The molecule has 2 rings (SSSR count). The molecule has 2 aromatic rings. The molecule has 1 N–H and O–H groups in total. The third-order valence-corrected chi connectivity index (χ3v) is 3.17. The second kappa shape index (κ2) is 6.45. The van der Waals surface area contributed by atoms with Crippen LogP contribution in [0.15, 0.2) is 18.3 Å². The van der Waals surface area contributed by atoms with Crippen LogP contribution in [0.25, 0.3) is 5.82 Å². The third kappa shape index (κ3) is 3.95. The van der Waals surface area contributed by atoms with Gasteiger partial charge in [0, 0.05) is 18.7 Å². The number of rotatable bonds is 4. The van der Waals surface area contributed by atoms with E-state index in [0.717, 1.165) is 5.69 Å². The quantitative estimate of drug-likeness (QED) is 0.927. The molecular weight excluding hydrogens is 311 g/mol. The van der Waals surface area contributed by atoms with E-state index >= 15 is 0 Å². The molecule has 0 unspecified atom stereocenters. The van der Waals surface area contributed by atoms with Gasteiger partial charge in [-0.1, -0.05) is 37.0 Å². The van der Waals surface area contributed by atoms with E-state index in [0.29, 0.717) is 28.1 Å². The molecule has 0 saturated heterocycles. The Morgan fingerprint density at radius 2 is 2.10 bits per heavy atom. The molecule has 1 amide bonds. The van der Waals surface area contributed by atoms with Gasteiger partial charge in [-0.2, -0.15) is 9.78 Å². The Balaban J connectivity index is 2.34. The van der Waals surface area contributed by atoms with Crippen molar-refractivity contribution in [3.05, 3.63) is 34.1 Å². The summed E-state index contributed by atoms with van der Waals surface area (Å²) >= 11 is 12.0. The standard InChI is InChI=1S/C14H16Cl2N4O/c1-8(2)4-13(21)18-12-5-9(3)19-20(12)14-11(16)6-10(15)7-17-14/h5-8H,4H2,1-3H3,(H,18,21). The van der Waals surface area contributed by atoms with Crippen LogP contribution in [-0.2, 0) is 4.79 Å². The molecule has 7 heteroatoms. The van der Waals surface area contributed by atoms with Crippen molar-refractivity contribution < 1.29 is 4.79 Å². The molecule has 0 aliphatic rings. The summed E-state index contributed by atoms with van der Waals surface area (Å²) in [6.07, 6.45) is 1.92. The van der Waals surface area contributed by atoms with Crippen LogP contribution in [0.4, 0.5) is 5.82 Å². The van der Waals surface area contributed by atoms with Crippen molar-refractivity contribution in [1.82, 2.24) is 14.8 Å². The van der Waals surface area contributed by atoms with Crippen molar-refractivity contribution in [2.24, 2.45) is 5.92 Å². The van der Waals surface area contributed by atoms with Crippen LogP contribution >= 0.6 is 23.2 Å². The molecule has 0 aliphatic carbocycles. The zero-order chi connectivity index (χ0) is 15.6. The van der Waals surface area contributed by atoms with E-state index in [1.165, 1.54) is 10.9 Å². The molecule has 0 bridgehead atoms. The highest BCUT2D eigenvalue weighted by Gasteiger charge is 2.15. The second-order valence-corrected chi connectivity index (χ2v) is 6.03. The van der Waals surface area contributed by atoms with Crippen LogP contribution in [0.1, 0.15) is 26.0 Å². The van der Waals surface area contributed by atoms with Gasteiger partial charge in [-0.15, -0.1) is 0 Å². The number of hydrogen-bond acceptors (Lipinski definition) is 3. The molecule has 0 atom stereocenters. The highest BCUT2D eigenvalue weighted by atomic mass is 35.5. The maximum Gasteiger partial charge on any atom is 0.225 e. The molecule has 2 aromatic heterocycles. The van der Waals surface area contributed by atoms with E-state index in [1.54, 1.807) is 12.1 Å². The summed E-state index contributed by atoms with van der Waals surface area (Å²) in [5.74, 6) is 1.17. The number of anilines is 1. The third-order valence-electron chi connectivity index (χ3n) is 2.68. The summed E-state index contributed by atoms with van der Waals surface area (Å²) in [6.45, 7) is 5.80. The van der Waals surface area contributed by atoms with Crippen LogP contribution in [0, 0.1) is 12.8 Å². The molecule has 0 spiro atoms. The fourth-order valence-corrected chi connectivity index (χ4v) is 2.34. The van der Waals surface area contributed by atoms with Gasteiger partial charge in [0.1, 0.15) is 5.82 Å². The molecule has 0 fully saturated rings. The Morgan fingerprint density at radius 1 is 1.38 bits per heavy atom. The number of aromatic nitrogens is 3. The number of amides is 1. The minimum absolute atomic E-state index is 0.0729. The van der Waals surface area contributed by atoms with Crippen LogP contribution in [-0.4, -0.2) is 20.7 Å². The van der Waals surface area contributed by atoms with Crippen molar-refractivity contribution in [2.75, 3.05) is 5.32 Å². The summed E-state index contributed by atoms with van der Waals surface area (Å²) < 4.78 is 1.51. The van der Waals surface area contributed by atoms with Gasteiger partial charge in [-0.3, -0.25) is 4.79 Å². The maximum atomic E-state index is 11.9. The first-order valence-electron chi connectivity index (χ1n) is 6.54. The van der Waals surface area contributed by atoms with Crippen molar-refractivity contribution >= 4 is 34.9 Å². The van der Waals surface area contributed by atoms with Crippen LogP contribution in [0.5, 0.6) is 0 Å². The van der Waals surface area contributed by atoms with Gasteiger partial charge in [0.15, 0.2) is 5.82 Å². The summed E-state index contributed by atoms with van der Waals surface area (Å²) in [4.78, 5) is 16.1. The Hall–Kier alpha value is -1.59. The average Bonchev–Trinajstić information content (AvgIpc) is 2.68. The molecule has 112 valence electrons. The first-order chi connectivity index (χ1) is 9.86. The highest BCUT2D eigenvalue weighted by molar-refractivity contribution is 6.35. The summed E-state index contributed by atoms with van der Waals surface area (Å²) in [5, 5.41) is 7.96. The lowest BCUT2D eigenvalue weighted by atomic mass is 10.1. The van der Waals surface area contributed by atoms with Gasteiger partial charge >= 0.3 is 0 Å². The molecule has 0 saturated carbocycles. The molecular formula is C14H16Cl2N4O. The fourth-order valence-electron chi connectivity index (χ4n) is 1.88. The summed E-state index contributed by atoms with van der Waals surface area (Å²) in [7, 11) is 0. The van der Waals surface area contributed by atoms with E-state index < -0.39 is 0 Å². The number of nitrogens with one attached hydrogen (secondary N) is 1. The Morgan fingerprint density at radius 3 is 2.71 bits per heavy atom. The monoisotopic (exact) mass is 326 g/mol. The number of hydrogen-bond donors (Lipinski definition) is 1. The number of carbonyl (C=O) groups excluding carboxylic acids is 1. The van der Waals surface area contributed by atoms with Crippen molar-refractivity contribution in [3.8, 4) is 5.82 Å². The summed E-state index contributed by atoms with van der Waals surface area (Å²) in [5.41, 5.74) is 0.752. The van der Waals surface area contributed by atoms with Crippen molar-refractivity contribution in [2.45, 2.75) is 27.2 Å².